The molecule has 1 amide bonds. The van der Waals surface area contributed by atoms with E-state index in [2.05, 4.69) is 17.2 Å². The Kier molecular flexibility index (Phi) is 3.74. The first kappa shape index (κ1) is 12.0. The topological polar surface area (TPSA) is 45.2 Å². The zero-order valence-corrected chi connectivity index (χ0v) is 10.4. The number of piperidine rings is 1. The Morgan fingerprint density at radius 3 is 2.82 bits per heavy atom. The number of carbonyl (C=O) groups excluding carboxylic acids is 1. The first-order valence-electron chi connectivity index (χ1n) is 6.11. The number of nitrogens with one attached hydrogen (secondary N) is 1. The van der Waals surface area contributed by atoms with Gasteiger partial charge in [-0.3, -0.25) is 9.78 Å². The third kappa shape index (κ3) is 2.47. The molecule has 1 saturated heterocycles. The predicted molar refractivity (Wildman–Crippen MR) is 66.4 cm³/mol. The molecule has 0 spiro atoms. The molecule has 0 aromatic carbocycles. The van der Waals surface area contributed by atoms with Crippen LogP contribution in [-0.4, -0.2) is 35.4 Å². The van der Waals surface area contributed by atoms with E-state index in [9.17, 15) is 4.79 Å². The molecule has 1 aromatic rings. The lowest BCUT2D eigenvalue weighted by atomic mass is 10.0. The van der Waals surface area contributed by atoms with Crippen molar-refractivity contribution in [3.8, 4) is 0 Å². The molecule has 1 aromatic heterocycles. The van der Waals surface area contributed by atoms with Crippen LogP contribution in [0.2, 0.25) is 0 Å². The number of hydrogen-bond acceptors (Lipinski definition) is 3. The summed E-state index contributed by atoms with van der Waals surface area (Å²) in [7, 11) is 1.85. The average molecular weight is 233 g/mol. The molecule has 2 unspecified atom stereocenters. The Morgan fingerprint density at radius 2 is 2.18 bits per heavy atom. The summed E-state index contributed by atoms with van der Waals surface area (Å²) in [6, 6.07) is 4.05. The molecule has 17 heavy (non-hydrogen) atoms. The molecule has 4 nitrogen and oxygen atoms in total. The second-order valence-corrected chi connectivity index (χ2v) is 4.47. The van der Waals surface area contributed by atoms with E-state index in [4.69, 9.17) is 0 Å². The summed E-state index contributed by atoms with van der Waals surface area (Å²) in [6.45, 7) is 2.92. The predicted octanol–water partition coefficient (Wildman–Crippen LogP) is 1.35. The Morgan fingerprint density at radius 1 is 1.47 bits per heavy atom. The molecule has 0 saturated carbocycles. The van der Waals surface area contributed by atoms with Crippen LogP contribution < -0.4 is 5.32 Å². The lowest BCUT2D eigenvalue weighted by molar-refractivity contribution is -0.138. The van der Waals surface area contributed by atoms with E-state index in [-0.39, 0.29) is 18.0 Å². The maximum atomic E-state index is 12.2. The molecule has 1 fully saturated rings. The van der Waals surface area contributed by atoms with Crippen LogP contribution in [0.5, 0.6) is 0 Å². The summed E-state index contributed by atoms with van der Waals surface area (Å²) in [5.41, 5.74) is 1.14. The summed E-state index contributed by atoms with van der Waals surface area (Å²) in [6.07, 6.45) is 5.55. The van der Waals surface area contributed by atoms with E-state index >= 15 is 0 Å². The highest BCUT2D eigenvalue weighted by molar-refractivity contribution is 5.83. The van der Waals surface area contributed by atoms with Crippen LogP contribution in [0.4, 0.5) is 0 Å². The Bertz CT molecular complexity index is 380. The molecule has 0 radical (unpaired) electrons. The molecule has 0 bridgehead atoms. The monoisotopic (exact) mass is 233 g/mol. The van der Waals surface area contributed by atoms with Gasteiger partial charge in [0.25, 0.3) is 0 Å². The number of amides is 1. The summed E-state index contributed by atoms with van der Waals surface area (Å²) >= 11 is 0. The minimum atomic E-state index is -0.0203. The Labute approximate surface area is 102 Å². The van der Waals surface area contributed by atoms with Gasteiger partial charge >= 0.3 is 0 Å². The minimum Gasteiger partial charge on any atom is -0.335 e. The molecule has 0 aliphatic carbocycles. The van der Waals surface area contributed by atoms with E-state index < -0.39 is 0 Å². The van der Waals surface area contributed by atoms with E-state index in [1.165, 1.54) is 0 Å². The van der Waals surface area contributed by atoms with Gasteiger partial charge in [-0.05, 0) is 44.5 Å². The van der Waals surface area contributed by atoms with Gasteiger partial charge in [0.15, 0.2) is 0 Å². The largest absolute Gasteiger partial charge is 0.335 e. The minimum absolute atomic E-state index is 0.0203. The van der Waals surface area contributed by atoms with Crippen molar-refractivity contribution < 1.29 is 4.79 Å². The van der Waals surface area contributed by atoms with E-state index in [1.807, 2.05) is 24.1 Å². The third-order valence-electron chi connectivity index (χ3n) is 3.48. The van der Waals surface area contributed by atoms with Crippen LogP contribution in [0.25, 0.3) is 0 Å². The van der Waals surface area contributed by atoms with Crippen molar-refractivity contribution in [3.63, 3.8) is 0 Å². The molecule has 2 heterocycles. The maximum Gasteiger partial charge on any atom is 0.240 e. The highest BCUT2D eigenvalue weighted by Gasteiger charge is 2.30. The smallest absolute Gasteiger partial charge is 0.240 e. The van der Waals surface area contributed by atoms with Crippen LogP contribution in [0.1, 0.15) is 31.4 Å². The molecule has 2 atom stereocenters. The van der Waals surface area contributed by atoms with Crippen molar-refractivity contribution in [1.29, 1.82) is 0 Å². The quantitative estimate of drug-likeness (QED) is 0.857. The van der Waals surface area contributed by atoms with Gasteiger partial charge in [-0.25, -0.2) is 0 Å². The van der Waals surface area contributed by atoms with Crippen LogP contribution >= 0.6 is 0 Å². The number of likely N-dealkylation sites (N-methyl/N-ethyl adjacent to an activating group) is 1. The van der Waals surface area contributed by atoms with Gasteiger partial charge in [0, 0.05) is 18.9 Å². The summed E-state index contributed by atoms with van der Waals surface area (Å²) in [5, 5.41) is 3.09. The SMILES string of the molecule is CNC1CCCN(C(C)c2ccncc2)C1=O. The lowest BCUT2D eigenvalue weighted by Gasteiger charge is -2.36. The van der Waals surface area contributed by atoms with Crippen LogP contribution in [-0.2, 0) is 4.79 Å². The molecule has 1 N–H and O–H groups in total. The van der Waals surface area contributed by atoms with Crippen molar-refractivity contribution in [2.45, 2.75) is 31.8 Å². The number of rotatable bonds is 3. The fraction of sp³-hybridized carbons (Fsp3) is 0.538. The molecule has 1 aliphatic rings. The molecular weight excluding hydrogens is 214 g/mol. The van der Waals surface area contributed by atoms with E-state index in [0.29, 0.717) is 0 Å². The molecule has 1 aliphatic heterocycles. The van der Waals surface area contributed by atoms with Gasteiger partial charge in [-0.1, -0.05) is 0 Å². The van der Waals surface area contributed by atoms with Gasteiger partial charge in [-0.2, -0.15) is 0 Å². The van der Waals surface area contributed by atoms with E-state index in [0.717, 1.165) is 24.9 Å². The van der Waals surface area contributed by atoms with Gasteiger partial charge in [0.05, 0.1) is 12.1 Å². The summed E-state index contributed by atoms with van der Waals surface area (Å²) in [5.74, 6) is 0.211. The zero-order chi connectivity index (χ0) is 12.3. The number of aromatic nitrogens is 1. The van der Waals surface area contributed by atoms with Gasteiger partial charge in [0.1, 0.15) is 0 Å². The van der Waals surface area contributed by atoms with Gasteiger partial charge < -0.3 is 10.2 Å². The highest BCUT2D eigenvalue weighted by atomic mass is 16.2. The zero-order valence-electron chi connectivity index (χ0n) is 10.4. The number of nitrogens with zero attached hydrogens (tertiary/aromatic N) is 2. The van der Waals surface area contributed by atoms with Crippen LogP contribution in [0, 0.1) is 0 Å². The van der Waals surface area contributed by atoms with Crippen molar-refractivity contribution in [2.24, 2.45) is 0 Å². The standard InChI is InChI=1S/C13H19N3O/c1-10(11-5-7-15-8-6-11)16-9-3-4-12(14-2)13(16)17/h5-8,10,12,14H,3-4,9H2,1-2H3. The van der Waals surface area contributed by atoms with Crippen LogP contribution in [0.3, 0.4) is 0 Å². The maximum absolute atomic E-state index is 12.2. The second kappa shape index (κ2) is 5.27. The molecule has 2 rings (SSSR count). The Balaban J connectivity index is 2.14. The first-order valence-corrected chi connectivity index (χ1v) is 6.11. The number of pyridine rings is 1. The van der Waals surface area contributed by atoms with Gasteiger partial charge in [0.2, 0.25) is 5.91 Å². The summed E-state index contributed by atoms with van der Waals surface area (Å²) < 4.78 is 0. The summed E-state index contributed by atoms with van der Waals surface area (Å²) in [4.78, 5) is 18.2. The Hall–Kier alpha value is -1.42. The number of likely N-dealkylation sites (tertiary alicyclic amines) is 1. The third-order valence-corrected chi connectivity index (χ3v) is 3.48. The lowest BCUT2D eigenvalue weighted by Crippen LogP contribution is -2.50. The highest BCUT2D eigenvalue weighted by Crippen LogP contribution is 2.24. The first-order chi connectivity index (χ1) is 8.24. The number of hydrogen-bond donors (Lipinski definition) is 1. The fourth-order valence-electron chi connectivity index (χ4n) is 2.37. The molecule has 4 heteroatoms. The normalized spacial score (nSPS) is 22.6. The second-order valence-electron chi connectivity index (χ2n) is 4.47. The van der Waals surface area contributed by atoms with Crippen molar-refractivity contribution in [1.82, 2.24) is 15.2 Å². The fourth-order valence-corrected chi connectivity index (χ4v) is 2.37. The average Bonchev–Trinajstić information content (AvgIpc) is 2.39. The molecule has 92 valence electrons. The van der Waals surface area contributed by atoms with Crippen molar-refractivity contribution in [3.05, 3.63) is 30.1 Å². The van der Waals surface area contributed by atoms with E-state index in [1.54, 1.807) is 12.4 Å². The number of carbonyl (C=O) groups is 1. The van der Waals surface area contributed by atoms with Crippen molar-refractivity contribution >= 4 is 5.91 Å². The van der Waals surface area contributed by atoms with Crippen LogP contribution in [0.15, 0.2) is 24.5 Å². The van der Waals surface area contributed by atoms with Gasteiger partial charge in [-0.15, -0.1) is 0 Å². The molecular formula is C13H19N3O. The van der Waals surface area contributed by atoms with Crippen molar-refractivity contribution in [2.75, 3.05) is 13.6 Å².